The fourth-order valence-electron chi connectivity index (χ4n) is 3.44. The highest BCUT2D eigenvalue weighted by atomic mass is 16.5. The molecule has 4 N–H and O–H groups in total. The molecule has 0 aromatic carbocycles. The lowest BCUT2D eigenvalue weighted by molar-refractivity contribution is -0.145. The van der Waals surface area contributed by atoms with Gasteiger partial charge in [-0.15, -0.1) is 0 Å². The van der Waals surface area contributed by atoms with E-state index in [-0.39, 0.29) is 24.4 Å². The molecule has 0 radical (unpaired) electrons. The molecule has 2 rings (SSSR count). The van der Waals surface area contributed by atoms with Gasteiger partial charge in [-0.25, -0.2) is 0 Å². The lowest BCUT2D eigenvalue weighted by Gasteiger charge is -2.40. The number of oxime groups is 1. The molecule has 1 aliphatic carbocycles. The van der Waals surface area contributed by atoms with Crippen molar-refractivity contribution in [3.63, 3.8) is 0 Å². The molecular formula is C14H25N3O4. The van der Waals surface area contributed by atoms with Gasteiger partial charge in [-0.2, -0.15) is 0 Å². The molecule has 0 aromatic rings. The average Bonchev–Trinajstić information content (AvgIpc) is 3.05. The molecular weight excluding hydrogens is 274 g/mol. The van der Waals surface area contributed by atoms with Crippen LogP contribution in [0.15, 0.2) is 5.16 Å². The fourth-order valence-corrected chi connectivity index (χ4v) is 3.44. The summed E-state index contributed by atoms with van der Waals surface area (Å²) in [7, 11) is 0. The zero-order valence-electron chi connectivity index (χ0n) is 12.3. The quantitative estimate of drug-likeness (QED) is 0.293. The number of aliphatic hydroxyl groups excluding tert-OH is 1. The third kappa shape index (κ3) is 3.13. The number of nitrogens with zero attached hydrogens (tertiary/aromatic N) is 2. The van der Waals surface area contributed by atoms with Crippen molar-refractivity contribution in [3.8, 4) is 0 Å². The Labute approximate surface area is 124 Å². The number of carbonyl (C=O) groups excluding carboxylic acids is 1. The number of aliphatic hydroxyl groups is 1. The molecule has 21 heavy (non-hydrogen) atoms. The maximum atomic E-state index is 13.1. The summed E-state index contributed by atoms with van der Waals surface area (Å²) >= 11 is 0. The maximum absolute atomic E-state index is 13.1. The van der Waals surface area contributed by atoms with Crippen molar-refractivity contribution in [2.75, 3.05) is 26.4 Å². The van der Waals surface area contributed by atoms with Crippen LogP contribution in [0.4, 0.5) is 0 Å². The van der Waals surface area contributed by atoms with Gasteiger partial charge in [0.1, 0.15) is 5.41 Å². The Bertz CT molecular complexity index is 388. The molecule has 2 fully saturated rings. The van der Waals surface area contributed by atoms with Gasteiger partial charge in [-0.05, 0) is 25.7 Å². The van der Waals surface area contributed by atoms with E-state index in [0.29, 0.717) is 32.6 Å². The van der Waals surface area contributed by atoms with Crippen LogP contribution in [0.1, 0.15) is 38.5 Å². The van der Waals surface area contributed by atoms with Gasteiger partial charge in [0.05, 0.1) is 6.61 Å². The number of ether oxygens (including phenoxy) is 1. The minimum absolute atomic E-state index is 0.0447. The van der Waals surface area contributed by atoms with Crippen LogP contribution < -0.4 is 5.73 Å². The van der Waals surface area contributed by atoms with Crippen LogP contribution in [0, 0.1) is 5.41 Å². The van der Waals surface area contributed by atoms with Crippen molar-refractivity contribution in [1.82, 2.24) is 4.90 Å². The number of amides is 1. The predicted molar refractivity (Wildman–Crippen MR) is 76.9 cm³/mol. The summed E-state index contributed by atoms with van der Waals surface area (Å²) in [6.07, 6.45) is 4.93. The van der Waals surface area contributed by atoms with E-state index in [1.54, 1.807) is 4.90 Å². The summed E-state index contributed by atoms with van der Waals surface area (Å²) in [6.45, 7) is 1.05. The van der Waals surface area contributed by atoms with Gasteiger partial charge in [0.15, 0.2) is 5.84 Å². The minimum Gasteiger partial charge on any atom is -0.409 e. The van der Waals surface area contributed by atoms with Gasteiger partial charge in [0.25, 0.3) is 0 Å². The Morgan fingerprint density at radius 3 is 2.48 bits per heavy atom. The third-order valence-electron chi connectivity index (χ3n) is 4.72. The second-order valence-electron chi connectivity index (χ2n) is 5.84. The third-order valence-corrected chi connectivity index (χ3v) is 4.72. The summed E-state index contributed by atoms with van der Waals surface area (Å²) < 4.78 is 5.32. The van der Waals surface area contributed by atoms with Gasteiger partial charge in [-0.3, -0.25) is 4.79 Å². The largest absolute Gasteiger partial charge is 0.409 e. The summed E-state index contributed by atoms with van der Waals surface area (Å²) in [6, 6.07) is 0.149. The number of amidine groups is 1. The summed E-state index contributed by atoms with van der Waals surface area (Å²) in [5.74, 6) is -0.182. The summed E-state index contributed by atoms with van der Waals surface area (Å²) in [5, 5.41) is 21.5. The number of hydrogen-bond donors (Lipinski definition) is 3. The molecule has 1 aliphatic heterocycles. The molecule has 1 saturated carbocycles. The standard InChI is InChI=1S/C14H25N3O4/c15-12(16-20)14(5-9-21-10-6-14)13(19)17(7-8-18)11-3-1-2-4-11/h11,18,20H,1-10H2,(H2,15,16). The zero-order valence-corrected chi connectivity index (χ0v) is 12.3. The lowest BCUT2D eigenvalue weighted by Crippen LogP contribution is -2.56. The summed E-state index contributed by atoms with van der Waals surface area (Å²) in [5.41, 5.74) is 4.86. The molecule has 7 nitrogen and oxygen atoms in total. The maximum Gasteiger partial charge on any atom is 0.237 e. The van der Waals surface area contributed by atoms with E-state index in [4.69, 9.17) is 15.7 Å². The molecule has 0 bridgehead atoms. The first-order valence-electron chi connectivity index (χ1n) is 7.63. The molecule has 1 saturated heterocycles. The minimum atomic E-state index is -0.995. The van der Waals surface area contributed by atoms with Crippen molar-refractivity contribution >= 4 is 11.7 Å². The highest BCUT2D eigenvalue weighted by Gasteiger charge is 2.48. The smallest absolute Gasteiger partial charge is 0.237 e. The van der Waals surface area contributed by atoms with Crippen LogP contribution in [-0.2, 0) is 9.53 Å². The normalized spacial score (nSPS) is 23.2. The van der Waals surface area contributed by atoms with E-state index < -0.39 is 5.41 Å². The SMILES string of the molecule is NC(=NO)C1(C(=O)N(CCO)C2CCCC2)CCOCC1. The van der Waals surface area contributed by atoms with Crippen molar-refractivity contribution < 1.29 is 19.8 Å². The van der Waals surface area contributed by atoms with Crippen LogP contribution >= 0.6 is 0 Å². The van der Waals surface area contributed by atoms with Gasteiger partial charge in [0.2, 0.25) is 5.91 Å². The van der Waals surface area contributed by atoms with Crippen LogP contribution in [0.25, 0.3) is 0 Å². The predicted octanol–water partition coefficient (Wildman–Crippen LogP) is 0.293. The van der Waals surface area contributed by atoms with E-state index in [0.717, 1.165) is 25.7 Å². The lowest BCUT2D eigenvalue weighted by atomic mass is 9.77. The van der Waals surface area contributed by atoms with Crippen molar-refractivity contribution in [2.45, 2.75) is 44.6 Å². The summed E-state index contributed by atoms with van der Waals surface area (Å²) in [4.78, 5) is 14.8. The van der Waals surface area contributed by atoms with Crippen molar-refractivity contribution in [1.29, 1.82) is 0 Å². The number of nitrogens with two attached hydrogens (primary N) is 1. The highest BCUT2D eigenvalue weighted by Crippen LogP contribution is 2.35. The molecule has 1 amide bonds. The molecule has 0 unspecified atom stereocenters. The first kappa shape index (κ1) is 16.0. The van der Waals surface area contributed by atoms with E-state index in [9.17, 15) is 9.90 Å². The van der Waals surface area contributed by atoms with Gasteiger partial charge >= 0.3 is 0 Å². The average molecular weight is 299 g/mol. The Morgan fingerprint density at radius 2 is 1.95 bits per heavy atom. The fraction of sp³-hybridized carbons (Fsp3) is 0.857. The Balaban J connectivity index is 2.25. The van der Waals surface area contributed by atoms with Crippen LogP contribution in [-0.4, -0.2) is 59.4 Å². The van der Waals surface area contributed by atoms with Crippen molar-refractivity contribution in [2.24, 2.45) is 16.3 Å². The first-order valence-corrected chi connectivity index (χ1v) is 7.63. The molecule has 120 valence electrons. The number of carbonyl (C=O) groups is 1. The Kier molecular flexibility index (Phi) is 5.41. The van der Waals surface area contributed by atoms with E-state index in [1.807, 2.05) is 0 Å². The molecule has 2 aliphatic rings. The molecule has 0 atom stereocenters. The van der Waals surface area contributed by atoms with Gasteiger partial charge < -0.3 is 25.7 Å². The van der Waals surface area contributed by atoms with Crippen molar-refractivity contribution in [3.05, 3.63) is 0 Å². The van der Waals surface area contributed by atoms with Crippen LogP contribution in [0.2, 0.25) is 0 Å². The van der Waals surface area contributed by atoms with Gasteiger partial charge in [0, 0.05) is 25.8 Å². The monoisotopic (exact) mass is 299 g/mol. The molecule has 0 spiro atoms. The van der Waals surface area contributed by atoms with Crippen LogP contribution in [0.3, 0.4) is 0 Å². The zero-order chi connectivity index (χ0) is 15.3. The van der Waals surface area contributed by atoms with Gasteiger partial charge in [-0.1, -0.05) is 18.0 Å². The van der Waals surface area contributed by atoms with E-state index in [1.165, 1.54) is 0 Å². The van der Waals surface area contributed by atoms with E-state index in [2.05, 4.69) is 5.16 Å². The molecule has 7 heteroatoms. The number of hydrogen-bond acceptors (Lipinski definition) is 5. The second-order valence-corrected chi connectivity index (χ2v) is 5.84. The first-order chi connectivity index (χ1) is 10.2. The highest BCUT2D eigenvalue weighted by molar-refractivity contribution is 6.07. The van der Waals surface area contributed by atoms with E-state index >= 15 is 0 Å². The topological polar surface area (TPSA) is 108 Å². The Hall–Kier alpha value is -1.34. The Morgan fingerprint density at radius 1 is 1.33 bits per heavy atom. The second kappa shape index (κ2) is 7.09. The molecule has 1 heterocycles. The van der Waals surface area contributed by atoms with Crippen LogP contribution in [0.5, 0.6) is 0 Å². The molecule has 0 aromatic heterocycles. The number of rotatable bonds is 5.